The predicted octanol–water partition coefficient (Wildman–Crippen LogP) is 1.27. The summed E-state index contributed by atoms with van der Waals surface area (Å²) in [5.74, 6) is 0.335. The molecule has 1 aliphatic rings. The maximum atomic E-state index is 12.8. The van der Waals surface area contributed by atoms with Gasteiger partial charge in [-0.3, -0.25) is 9.48 Å². The molecule has 2 aromatic heterocycles. The van der Waals surface area contributed by atoms with Crippen molar-refractivity contribution in [3.63, 3.8) is 0 Å². The van der Waals surface area contributed by atoms with Gasteiger partial charge in [0.05, 0.1) is 24.4 Å². The van der Waals surface area contributed by atoms with E-state index in [4.69, 9.17) is 4.74 Å². The summed E-state index contributed by atoms with van der Waals surface area (Å²) in [5, 5.41) is 12.4. The average molecular weight is 404 g/mol. The summed E-state index contributed by atoms with van der Waals surface area (Å²) in [6.45, 7) is 10.3. The largest absolute Gasteiger partial charge is 0.383 e. The van der Waals surface area contributed by atoms with Crippen LogP contribution in [0.3, 0.4) is 0 Å². The third-order valence-corrected chi connectivity index (χ3v) is 6.42. The molecule has 1 amide bonds. The number of hydrogen-bond donors (Lipinski definition) is 1. The van der Waals surface area contributed by atoms with E-state index < -0.39 is 0 Å². The van der Waals surface area contributed by atoms with Crippen LogP contribution in [0.5, 0.6) is 0 Å². The lowest BCUT2D eigenvalue weighted by molar-refractivity contribution is -0.129. The molecule has 3 heterocycles. The highest BCUT2D eigenvalue weighted by Crippen LogP contribution is 2.39. The lowest BCUT2D eigenvalue weighted by Crippen LogP contribution is -2.48. The van der Waals surface area contributed by atoms with E-state index in [9.17, 15) is 4.79 Å². The van der Waals surface area contributed by atoms with E-state index in [1.54, 1.807) is 19.8 Å². The van der Waals surface area contributed by atoms with Crippen molar-refractivity contribution in [3.8, 4) is 0 Å². The topological polar surface area (TPSA) is 90.1 Å². The molecule has 3 atom stereocenters. The Morgan fingerprint density at radius 1 is 1.38 bits per heavy atom. The Labute approximate surface area is 172 Å². The van der Waals surface area contributed by atoms with Crippen LogP contribution >= 0.6 is 0 Å². The number of aromatic nitrogens is 5. The van der Waals surface area contributed by atoms with Gasteiger partial charge in [0.15, 0.2) is 0 Å². The Bertz CT molecular complexity index is 815. The van der Waals surface area contributed by atoms with E-state index in [1.165, 1.54) is 0 Å². The van der Waals surface area contributed by atoms with Gasteiger partial charge in [-0.05, 0) is 27.7 Å². The standard InChI is InChI=1S/C20H33N7O2/c1-14-17(11-23-25(14)5)19-16(9-18(28)26(19)7-8-29-6)10-22-15(2)20(3,4)27-13-21-12-24-27/h11-13,15-16,19,22H,7-10H2,1-6H3/t15-,16+,19-/m1/s1. The minimum atomic E-state index is -0.242. The molecule has 2 aromatic rings. The molecule has 0 unspecified atom stereocenters. The minimum absolute atomic E-state index is 0.000493. The van der Waals surface area contributed by atoms with Gasteiger partial charge < -0.3 is 15.0 Å². The van der Waals surface area contributed by atoms with Gasteiger partial charge in [-0.1, -0.05) is 0 Å². The Kier molecular flexibility index (Phi) is 6.38. The summed E-state index contributed by atoms with van der Waals surface area (Å²) >= 11 is 0. The van der Waals surface area contributed by atoms with Crippen LogP contribution < -0.4 is 5.32 Å². The first kappa shape index (κ1) is 21.4. The Hall–Kier alpha value is -2.26. The minimum Gasteiger partial charge on any atom is -0.383 e. The van der Waals surface area contributed by atoms with Gasteiger partial charge in [-0.2, -0.15) is 10.2 Å². The molecule has 160 valence electrons. The van der Waals surface area contributed by atoms with E-state index in [0.717, 1.165) is 17.8 Å². The van der Waals surface area contributed by atoms with Crippen LogP contribution in [-0.4, -0.2) is 68.2 Å². The van der Waals surface area contributed by atoms with Gasteiger partial charge in [-0.15, -0.1) is 0 Å². The molecule has 1 N–H and O–H groups in total. The zero-order chi connectivity index (χ0) is 21.2. The van der Waals surface area contributed by atoms with Gasteiger partial charge in [-0.25, -0.2) is 9.67 Å². The summed E-state index contributed by atoms with van der Waals surface area (Å²) in [5.41, 5.74) is 1.96. The zero-order valence-electron chi connectivity index (χ0n) is 18.3. The number of aryl methyl sites for hydroxylation is 1. The lowest BCUT2D eigenvalue weighted by Gasteiger charge is -2.34. The smallest absolute Gasteiger partial charge is 0.223 e. The molecule has 3 rings (SSSR count). The second-order valence-electron chi connectivity index (χ2n) is 8.42. The number of carbonyl (C=O) groups is 1. The number of amides is 1. The molecular weight excluding hydrogens is 370 g/mol. The molecule has 0 radical (unpaired) electrons. The van der Waals surface area contributed by atoms with Gasteiger partial charge in [0.1, 0.15) is 12.7 Å². The van der Waals surface area contributed by atoms with E-state index in [2.05, 4.69) is 48.2 Å². The maximum absolute atomic E-state index is 12.8. The Balaban J connectivity index is 1.77. The van der Waals surface area contributed by atoms with Crippen LogP contribution in [0.4, 0.5) is 0 Å². The predicted molar refractivity (Wildman–Crippen MR) is 109 cm³/mol. The van der Waals surface area contributed by atoms with Crippen molar-refractivity contribution in [2.75, 3.05) is 26.8 Å². The molecule has 9 heteroatoms. The second-order valence-corrected chi connectivity index (χ2v) is 8.42. The van der Waals surface area contributed by atoms with E-state index >= 15 is 0 Å². The number of ether oxygens (including phenoxy) is 1. The van der Waals surface area contributed by atoms with Crippen LogP contribution in [-0.2, 0) is 22.1 Å². The lowest BCUT2D eigenvalue weighted by atomic mass is 9.91. The van der Waals surface area contributed by atoms with Crippen LogP contribution in [0.2, 0.25) is 0 Å². The monoisotopic (exact) mass is 403 g/mol. The van der Waals surface area contributed by atoms with E-state index in [1.807, 2.05) is 27.5 Å². The fraction of sp³-hybridized carbons (Fsp3) is 0.700. The average Bonchev–Trinajstić information content (AvgIpc) is 3.40. The summed E-state index contributed by atoms with van der Waals surface area (Å²) in [6, 6.07) is 0.142. The first-order valence-corrected chi connectivity index (χ1v) is 10.1. The molecule has 29 heavy (non-hydrogen) atoms. The number of methoxy groups -OCH3 is 1. The van der Waals surface area contributed by atoms with Crippen molar-refractivity contribution < 1.29 is 9.53 Å². The zero-order valence-corrected chi connectivity index (χ0v) is 18.3. The number of nitrogens with zero attached hydrogens (tertiary/aromatic N) is 6. The molecule has 1 fully saturated rings. The first-order valence-electron chi connectivity index (χ1n) is 10.1. The molecule has 1 saturated heterocycles. The summed E-state index contributed by atoms with van der Waals surface area (Å²) < 4.78 is 8.99. The highest BCUT2D eigenvalue weighted by Gasteiger charge is 2.42. The molecule has 0 aliphatic carbocycles. The van der Waals surface area contributed by atoms with Crippen LogP contribution in [0.1, 0.15) is 44.5 Å². The maximum Gasteiger partial charge on any atom is 0.223 e. The molecule has 9 nitrogen and oxygen atoms in total. The van der Waals surface area contributed by atoms with Gasteiger partial charge in [0.2, 0.25) is 5.91 Å². The first-order chi connectivity index (χ1) is 13.8. The SMILES string of the molecule is COCCN1C(=O)C[C@@H](CN[C@H](C)C(C)(C)n2cncn2)[C@@H]1c1cnn(C)c1C. The highest BCUT2D eigenvalue weighted by atomic mass is 16.5. The fourth-order valence-electron chi connectivity index (χ4n) is 4.01. The number of rotatable bonds is 9. The van der Waals surface area contributed by atoms with Crippen molar-refractivity contribution in [2.24, 2.45) is 13.0 Å². The third-order valence-electron chi connectivity index (χ3n) is 6.42. The molecule has 0 bridgehead atoms. The highest BCUT2D eigenvalue weighted by molar-refractivity contribution is 5.79. The third kappa shape index (κ3) is 4.20. The number of hydrogen-bond acceptors (Lipinski definition) is 6. The van der Waals surface area contributed by atoms with E-state index in [-0.39, 0.29) is 29.4 Å². The molecular formula is C20H33N7O2. The number of carbonyl (C=O) groups excluding carboxylic acids is 1. The fourth-order valence-corrected chi connectivity index (χ4v) is 4.01. The summed E-state index contributed by atoms with van der Waals surface area (Å²) in [6.07, 6.45) is 5.71. The number of likely N-dealkylation sites (tertiary alicyclic amines) is 1. The summed E-state index contributed by atoms with van der Waals surface area (Å²) in [7, 11) is 3.60. The second kappa shape index (κ2) is 8.62. The van der Waals surface area contributed by atoms with Crippen molar-refractivity contribution in [3.05, 3.63) is 30.1 Å². The van der Waals surface area contributed by atoms with Crippen molar-refractivity contribution in [1.29, 1.82) is 0 Å². The van der Waals surface area contributed by atoms with Crippen molar-refractivity contribution >= 4 is 5.91 Å². The Morgan fingerprint density at radius 2 is 2.14 bits per heavy atom. The molecule has 1 aliphatic heterocycles. The van der Waals surface area contributed by atoms with Crippen LogP contribution in [0, 0.1) is 12.8 Å². The molecule has 0 aromatic carbocycles. The quantitative estimate of drug-likeness (QED) is 0.678. The van der Waals surface area contributed by atoms with Crippen LogP contribution in [0.15, 0.2) is 18.9 Å². The molecule has 0 saturated carbocycles. The van der Waals surface area contributed by atoms with Gasteiger partial charge in [0, 0.05) is 56.9 Å². The van der Waals surface area contributed by atoms with Gasteiger partial charge in [0.25, 0.3) is 0 Å². The summed E-state index contributed by atoms with van der Waals surface area (Å²) in [4.78, 5) is 18.8. The van der Waals surface area contributed by atoms with Crippen molar-refractivity contribution in [1.82, 2.24) is 34.8 Å². The van der Waals surface area contributed by atoms with E-state index in [0.29, 0.717) is 19.6 Å². The van der Waals surface area contributed by atoms with Crippen LogP contribution in [0.25, 0.3) is 0 Å². The Morgan fingerprint density at radius 3 is 2.72 bits per heavy atom. The normalized spacial score (nSPS) is 21.2. The van der Waals surface area contributed by atoms with Gasteiger partial charge >= 0.3 is 0 Å². The number of nitrogens with one attached hydrogen (secondary N) is 1. The van der Waals surface area contributed by atoms with Crippen molar-refractivity contribution in [2.45, 2.75) is 51.7 Å². The molecule has 0 spiro atoms.